The fraction of sp³-hybridized carbons (Fsp3) is 0.273. The highest BCUT2D eigenvalue weighted by atomic mass is 35.5. The molecule has 0 aliphatic carbocycles. The van der Waals surface area contributed by atoms with E-state index in [0.717, 1.165) is 10.9 Å². The number of nitrogens with one attached hydrogen (secondary N) is 2. The monoisotopic (exact) mass is 413 g/mol. The molecule has 152 valence electrons. The van der Waals surface area contributed by atoms with Crippen molar-refractivity contribution in [2.45, 2.75) is 18.1 Å². The Bertz CT molecular complexity index is 999. The number of hydrogen-bond acceptors (Lipinski definition) is 5. The third-order valence-electron chi connectivity index (χ3n) is 5.36. The summed E-state index contributed by atoms with van der Waals surface area (Å²) in [7, 11) is 1.57. The molecule has 7 heteroatoms. The van der Waals surface area contributed by atoms with E-state index >= 15 is 0 Å². The largest absolute Gasteiger partial charge is 0.496 e. The van der Waals surface area contributed by atoms with Gasteiger partial charge in [-0.1, -0.05) is 42.5 Å². The lowest BCUT2D eigenvalue weighted by Gasteiger charge is -2.42. The van der Waals surface area contributed by atoms with Crippen LogP contribution >= 0.6 is 12.4 Å². The van der Waals surface area contributed by atoms with Gasteiger partial charge in [0.2, 0.25) is 0 Å². The molecule has 2 atom stereocenters. The van der Waals surface area contributed by atoms with E-state index in [1.807, 2.05) is 54.6 Å². The van der Waals surface area contributed by atoms with E-state index in [-0.39, 0.29) is 24.0 Å². The number of aliphatic hydroxyl groups excluding tert-OH is 1. The summed E-state index contributed by atoms with van der Waals surface area (Å²) in [5.41, 5.74) is 0.956. The predicted molar refractivity (Wildman–Crippen MR) is 115 cm³/mol. The molecule has 29 heavy (non-hydrogen) atoms. The van der Waals surface area contributed by atoms with Gasteiger partial charge in [-0.25, -0.2) is 4.98 Å². The van der Waals surface area contributed by atoms with Crippen LogP contribution in [0.1, 0.15) is 22.5 Å². The van der Waals surface area contributed by atoms with E-state index < -0.39 is 11.6 Å². The lowest BCUT2D eigenvalue weighted by Crippen LogP contribution is -2.61. The molecule has 6 nitrogen and oxygen atoms in total. The molecule has 3 N–H and O–H groups in total. The van der Waals surface area contributed by atoms with Crippen LogP contribution in [0.25, 0.3) is 10.9 Å². The third kappa shape index (κ3) is 3.92. The topological polar surface area (TPSA) is 83.5 Å². The van der Waals surface area contributed by atoms with E-state index in [1.54, 1.807) is 13.2 Å². The third-order valence-corrected chi connectivity index (χ3v) is 5.36. The summed E-state index contributed by atoms with van der Waals surface area (Å²) >= 11 is 0. The number of carbonyl (C=O) groups is 1. The molecule has 0 spiro atoms. The lowest BCUT2D eigenvalue weighted by atomic mass is 9.79. The maximum atomic E-state index is 13.2. The quantitative estimate of drug-likeness (QED) is 0.612. The Morgan fingerprint density at radius 3 is 2.66 bits per heavy atom. The van der Waals surface area contributed by atoms with Crippen molar-refractivity contribution in [3.05, 3.63) is 71.9 Å². The van der Waals surface area contributed by atoms with Crippen LogP contribution in [0.4, 0.5) is 0 Å². The Kier molecular flexibility index (Phi) is 6.37. The van der Waals surface area contributed by atoms with Gasteiger partial charge >= 0.3 is 0 Å². The number of amides is 1. The highest BCUT2D eigenvalue weighted by Gasteiger charge is 2.43. The van der Waals surface area contributed by atoms with Crippen LogP contribution in [0, 0.1) is 0 Å². The van der Waals surface area contributed by atoms with Gasteiger partial charge in [-0.05, 0) is 30.7 Å². The number of β-amino-alcohol motifs (C(OH)–C–C–N with tert-alkyl or cyclic N) is 1. The number of benzene rings is 2. The number of pyridine rings is 1. The molecule has 1 aliphatic heterocycles. The number of aliphatic hydroxyl groups is 1. The molecule has 2 heterocycles. The second-order valence-corrected chi connectivity index (χ2v) is 6.99. The van der Waals surface area contributed by atoms with Crippen molar-refractivity contribution >= 4 is 29.2 Å². The summed E-state index contributed by atoms with van der Waals surface area (Å²) < 4.78 is 5.46. The minimum atomic E-state index is -0.871. The van der Waals surface area contributed by atoms with Gasteiger partial charge in [-0.3, -0.25) is 4.79 Å². The number of rotatable bonds is 4. The molecule has 0 unspecified atom stereocenters. The molecular weight excluding hydrogens is 390 g/mol. The number of fused-ring (bicyclic) bond motifs is 1. The van der Waals surface area contributed by atoms with E-state index in [4.69, 9.17) is 4.74 Å². The fourth-order valence-electron chi connectivity index (χ4n) is 3.85. The summed E-state index contributed by atoms with van der Waals surface area (Å²) in [6, 6.07) is 18.8. The van der Waals surface area contributed by atoms with Gasteiger partial charge in [0.05, 0.1) is 24.3 Å². The van der Waals surface area contributed by atoms with Crippen LogP contribution in [-0.2, 0) is 5.54 Å². The first kappa shape index (κ1) is 21.0. The van der Waals surface area contributed by atoms with Crippen LogP contribution < -0.4 is 15.4 Å². The lowest BCUT2D eigenvalue weighted by molar-refractivity contribution is 0.0288. The van der Waals surface area contributed by atoms with Gasteiger partial charge in [-0.2, -0.15) is 0 Å². The molecule has 4 rings (SSSR count). The minimum Gasteiger partial charge on any atom is -0.496 e. The standard InChI is InChI=1S/C22H23N3O3.ClH/c1-28-19-13-18(24-17-10-6-5-9-16(17)19)21(27)25-22(11-12-23-14-20(22)26)15-7-3-2-4-8-15;/h2-10,13,20,23,26H,11-12,14H2,1H3,(H,25,27);1H/t20-,22+;/m1./s1. The maximum absolute atomic E-state index is 13.2. The van der Waals surface area contributed by atoms with Crippen molar-refractivity contribution in [3.8, 4) is 5.75 Å². The van der Waals surface area contributed by atoms with E-state index in [0.29, 0.717) is 30.8 Å². The van der Waals surface area contributed by atoms with E-state index in [9.17, 15) is 9.90 Å². The number of methoxy groups -OCH3 is 1. The van der Waals surface area contributed by atoms with Crippen LogP contribution in [0.5, 0.6) is 5.75 Å². The number of halogens is 1. The number of ether oxygens (including phenoxy) is 1. The highest BCUT2D eigenvalue weighted by Crippen LogP contribution is 2.32. The van der Waals surface area contributed by atoms with Gasteiger partial charge in [0, 0.05) is 18.0 Å². The van der Waals surface area contributed by atoms with Gasteiger partial charge in [0.1, 0.15) is 11.4 Å². The van der Waals surface area contributed by atoms with Gasteiger partial charge in [0.15, 0.2) is 0 Å². The molecule has 0 saturated carbocycles. The normalized spacial score (nSPS) is 21.2. The number of aromatic nitrogens is 1. The van der Waals surface area contributed by atoms with Gasteiger partial charge in [-0.15, -0.1) is 12.4 Å². The summed E-state index contributed by atoms with van der Waals surface area (Å²) in [5, 5.41) is 17.9. The molecule has 3 aromatic rings. The van der Waals surface area contributed by atoms with Crippen LogP contribution in [0.3, 0.4) is 0 Å². The highest BCUT2D eigenvalue weighted by molar-refractivity contribution is 5.97. The van der Waals surface area contributed by atoms with Crippen LogP contribution in [0.2, 0.25) is 0 Å². The maximum Gasteiger partial charge on any atom is 0.270 e. The van der Waals surface area contributed by atoms with Crippen molar-refractivity contribution in [2.75, 3.05) is 20.2 Å². The van der Waals surface area contributed by atoms with Crippen molar-refractivity contribution in [1.29, 1.82) is 0 Å². The smallest absolute Gasteiger partial charge is 0.270 e. The van der Waals surface area contributed by atoms with Crippen molar-refractivity contribution in [3.63, 3.8) is 0 Å². The number of hydrogen-bond donors (Lipinski definition) is 3. The summed E-state index contributed by atoms with van der Waals surface area (Å²) in [4.78, 5) is 17.7. The van der Waals surface area contributed by atoms with E-state index in [2.05, 4.69) is 15.6 Å². The number of nitrogens with zero attached hydrogens (tertiary/aromatic N) is 1. The second kappa shape index (κ2) is 8.78. The zero-order valence-electron chi connectivity index (χ0n) is 16.1. The predicted octanol–water partition coefficient (Wildman–Crippen LogP) is 2.64. The Balaban J connectivity index is 0.00000240. The number of piperidine rings is 1. The van der Waals surface area contributed by atoms with Crippen molar-refractivity contribution in [1.82, 2.24) is 15.6 Å². The number of para-hydroxylation sites is 1. The molecule has 0 bridgehead atoms. The minimum absolute atomic E-state index is 0. The molecule has 1 aliphatic rings. The number of carbonyl (C=O) groups excluding carboxylic acids is 1. The van der Waals surface area contributed by atoms with E-state index in [1.165, 1.54) is 0 Å². The van der Waals surface area contributed by atoms with Crippen molar-refractivity contribution in [2.24, 2.45) is 0 Å². The Labute approximate surface area is 175 Å². The van der Waals surface area contributed by atoms with Crippen LogP contribution in [-0.4, -0.2) is 42.3 Å². The molecule has 1 saturated heterocycles. The first-order chi connectivity index (χ1) is 13.6. The summed E-state index contributed by atoms with van der Waals surface area (Å²) in [6.45, 7) is 1.10. The Morgan fingerprint density at radius 1 is 1.21 bits per heavy atom. The molecular formula is C22H24ClN3O3. The summed E-state index contributed by atoms with van der Waals surface area (Å²) in [6.07, 6.45) is -0.177. The summed E-state index contributed by atoms with van der Waals surface area (Å²) in [5.74, 6) is 0.254. The fourth-order valence-corrected chi connectivity index (χ4v) is 3.85. The van der Waals surface area contributed by atoms with Crippen molar-refractivity contribution < 1.29 is 14.6 Å². The molecule has 0 radical (unpaired) electrons. The van der Waals surface area contributed by atoms with Gasteiger partial charge < -0.3 is 20.5 Å². The van der Waals surface area contributed by atoms with Gasteiger partial charge in [0.25, 0.3) is 5.91 Å². The SMILES string of the molecule is COc1cc(C(=O)N[C@]2(c3ccccc3)CCNC[C@H]2O)nc2ccccc12.Cl. The molecule has 1 aromatic heterocycles. The zero-order valence-corrected chi connectivity index (χ0v) is 16.9. The Hall–Kier alpha value is -2.67. The zero-order chi connectivity index (χ0) is 19.6. The molecule has 1 fully saturated rings. The van der Waals surface area contributed by atoms with Crippen LogP contribution in [0.15, 0.2) is 60.7 Å². The average molecular weight is 414 g/mol. The average Bonchev–Trinajstić information content (AvgIpc) is 2.75. The molecule has 1 amide bonds. The first-order valence-electron chi connectivity index (χ1n) is 9.34. The first-order valence-corrected chi connectivity index (χ1v) is 9.34. The molecule has 2 aromatic carbocycles. The Morgan fingerprint density at radius 2 is 1.93 bits per heavy atom. The second-order valence-electron chi connectivity index (χ2n) is 6.99.